The number of carbonyl (C=O) groups is 1. The summed E-state index contributed by atoms with van der Waals surface area (Å²) < 4.78 is 13.9. The fourth-order valence-electron chi connectivity index (χ4n) is 1.56. The largest absolute Gasteiger partial charge is 0.369 e. The Hall–Kier alpha value is -1.79. The SMILES string of the molecule is Cc1cc(C(=O)c2cnc(N=CN(C)C)s2)c(F)cc1Cl. The van der Waals surface area contributed by atoms with E-state index in [-0.39, 0.29) is 5.56 Å². The molecule has 0 saturated heterocycles. The van der Waals surface area contributed by atoms with Gasteiger partial charge in [0.05, 0.1) is 23.0 Å². The van der Waals surface area contributed by atoms with Gasteiger partial charge in [-0.1, -0.05) is 22.9 Å². The molecular formula is C14H13ClFN3OS. The number of carbonyl (C=O) groups excluding carboxylic acids is 1. The third kappa shape index (κ3) is 3.65. The smallest absolute Gasteiger partial charge is 0.211 e. The molecule has 1 heterocycles. The normalized spacial score (nSPS) is 11.1. The van der Waals surface area contributed by atoms with Crippen LogP contribution in [-0.4, -0.2) is 36.1 Å². The summed E-state index contributed by atoms with van der Waals surface area (Å²) in [5.74, 6) is -1.06. The van der Waals surface area contributed by atoms with Crippen LogP contribution in [0.15, 0.2) is 23.3 Å². The minimum Gasteiger partial charge on any atom is -0.369 e. The highest BCUT2D eigenvalue weighted by atomic mass is 35.5. The molecule has 0 aliphatic rings. The third-order valence-corrected chi connectivity index (χ3v) is 3.92. The van der Waals surface area contributed by atoms with Crippen LogP contribution in [0.2, 0.25) is 5.02 Å². The van der Waals surface area contributed by atoms with E-state index < -0.39 is 11.6 Å². The van der Waals surface area contributed by atoms with Crippen molar-refractivity contribution in [2.45, 2.75) is 6.92 Å². The lowest BCUT2D eigenvalue weighted by Crippen LogP contribution is -2.06. The molecule has 0 bridgehead atoms. The van der Waals surface area contributed by atoms with Gasteiger partial charge in [0.2, 0.25) is 10.9 Å². The van der Waals surface area contributed by atoms with Crippen LogP contribution in [0.3, 0.4) is 0 Å². The molecule has 7 heteroatoms. The Kier molecular flexibility index (Phi) is 4.69. The number of aromatic nitrogens is 1. The maximum Gasteiger partial charge on any atom is 0.211 e. The molecule has 0 fully saturated rings. The van der Waals surface area contributed by atoms with Gasteiger partial charge in [-0.2, -0.15) is 0 Å². The third-order valence-electron chi connectivity index (χ3n) is 2.61. The van der Waals surface area contributed by atoms with Crippen molar-refractivity contribution < 1.29 is 9.18 Å². The fraction of sp³-hybridized carbons (Fsp3) is 0.214. The number of ketones is 1. The standard InChI is InChI=1S/C14H13ClFN3OS/c1-8-4-9(11(16)5-10(8)15)13(20)12-6-17-14(21-12)18-7-19(2)3/h4-7H,1-3H3. The predicted octanol–water partition coefficient (Wildman–Crippen LogP) is 3.70. The zero-order chi connectivity index (χ0) is 15.6. The molecule has 21 heavy (non-hydrogen) atoms. The molecule has 1 aromatic carbocycles. The average Bonchev–Trinajstić information content (AvgIpc) is 2.88. The van der Waals surface area contributed by atoms with Gasteiger partial charge < -0.3 is 4.90 Å². The first-order chi connectivity index (χ1) is 9.88. The van der Waals surface area contributed by atoms with Gasteiger partial charge in [0, 0.05) is 19.1 Å². The van der Waals surface area contributed by atoms with Crippen molar-refractivity contribution in [3.8, 4) is 0 Å². The molecule has 0 saturated carbocycles. The second-order valence-electron chi connectivity index (χ2n) is 4.63. The van der Waals surface area contributed by atoms with E-state index in [9.17, 15) is 9.18 Å². The van der Waals surface area contributed by atoms with Crippen molar-refractivity contribution in [2.75, 3.05) is 14.1 Å². The van der Waals surface area contributed by atoms with Gasteiger partial charge in [0.15, 0.2) is 0 Å². The summed E-state index contributed by atoms with van der Waals surface area (Å²) in [7, 11) is 3.66. The number of halogens is 2. The first kappa shape index (κ1) is 15.6. The molecule has 0 radical (unpaired) electrons. The Morgan fingerprint density at radius 3 is 2.86 bits per heavy atom. The van der Waals surface area contributed by atoms with Crippen molar-refractivity contribution in [3.05, 3.63) is 45.2 Å². The van der Waals surface area contributed by atoms with Gasteiger partial charge >= 0.3 is 0 Å². The topological polar surface area (TPSA) is 45.6 Å². The van der Waals surface area contributed by atoms with Crippen molar-refractivity contribution in [3.63, 3.8) is 0 Å². The van der Waals surface area contributed by atoms with E-state index >= 15 is 0 Å². The van der Waals surface area contributed by atoms with E-state index in [4.69, 9.17) is 11.6 Å². The van der Waals surface area contributed by atoms with Gasteiger partial charge in [-0.25, -0.2) is 14.4 Å². The molecule has 0 N–H and O–H groups in total. The number of thiazole rings is 1. The number of aliphatic imine (C=N–C) groups is 1. The number of hydrogen-bond donors (Lipinski definition) is 0. The molecule has 2 rings (SSSR count). The van der Waals surface area contributed by atoms with E-state index in [1.54, 1.807) is 18.2 Å². The molecule has 0 atom stereocenters. The van der Waals surface area contributed by atoms with Crippen molar-refractivity contribution in [1.29, 1.82) is 0 Å². The lowest BCUT2D eigenvalue weighted by molar-refractivity contribution is 0.103. The fourth-order valence-corrected chi connectivity index (χ4v) is 2.42. The van der Waals surface area contributed by atoms with E-state index in [0.29, 0.717) is 20.6 Å². The summed E-state index contributed by atoms with van der Waals surface area (Å²) in [5.41, 5.74) is 0.639. The van der Waals surface area contributed by atoms with Gasteiger partial charge in [0.1, 0.15) is 5.82 Å². The molecule has 4 nitrogen and oxygen atoms in total. The lowest BCUT2D eigenvalue weighted by atomic mass is 10.1. The maximum absolute atomic E-state index is 13.9. The Labute approximate surface area is 130 Å². The molecule has 0 spiro atoms. The van der Waals surface area contributed by atoms with Crippen LogP contribution in [0.1, 0.15) is 20.8 Å². The van der Waals surface area contributed by atoms with E-state index in [1.165, 1.54) is 12.3 Å². The van der Waals surface area contributed by atoms with Gasteiger partial charge in [0.25, 0.3) is 0 Å². The molecule has 0 amide bonds. The van der Waals surface area contributed by atoms with E-state index in [0.717, 1.165) is 17.4 Å². The highest BCUT2D eigenvalue weighted by Gasteiger charge is 2.18. The lowest BCUT2D eigenvalue weighted by Gasteiger charge is -2.03. The van der Waals surface area contributed by atoms with Crippen LogP contribution in [-0.2, 0) is 0 Å². The maximum atomic E-state index is 13.9. The Balaban J connectivity index is 2.31. The zero-order valence-corrected chi connectivity index (χ0v) is 13.3. The summed E-state index contributed by atoms with van der Waals surface area (Å²) in [6.45, 7) is 1.72. The second kappa shape index (κ2) is 6.32. The first-order valence-electron chi connectivity index (χ1n) is 6.05. The highest BCUT2D eigenvalue weighted by molar-refractivity contribution is 7.17. The Bertz CT molecular complexity index is 712. The minimum atomic E-state index is -0.637. The second-order valence-corrected chi connectivity index (χ2v) is 6.04. The van der Waals surface area contributed by atoms with Crippen LogP contribution in [0.25, 0.3) is 0 Å². The average molecular weight is 326 g/mol. The van der Waals surface area contributed by atoms with Gasteiger partial charge in [-0.05, 0) is 24.6 Å². The van der Waals surface area contributed by atoms with Crippen LogP contribution in [0.5, 0.6) is 0 Å². The minimum absolute atomic E-state index is 0.0105. The number of rotatable bonds is 4. The molecular weight excluding hydrogens is 313 g/mol. The zero-order valence-electron chi connectivity index (χ0n) is 11.7. The monoisotopic (exact) mass is 325 g/mol. The summed E-state index contributed by atoms with van der Waals surface area (Å²) in [6.07, 6.45) is 2.98. The summed E-state index contributed by atoms with van der Waals surface area (Å²) in [4.78, 5) is 22.5. The first-order valence-corrected chi connectivity index (χ1v) is 7.24. The molecule has 110 valence electrons. The number of nitrogens with zero attached hydrogens (tertiary/aromatic N) is 3. The summed E-state index contributed by atoms with van der Waals surface area (Å²) in [6, 6.07) is 2.60. The van der Waals surface area contributed by atoms with Crippen molar-refractivity contribution in [1.82, 2.24) is 9.88 Å². The Morgan fingerprint density at radius 1 is 1.48 bits per heavy atom. The molecule has 0 aliphatic heterocycles. The van der Waals surface area contributed by atoms with Crippen molar-refractivity contribution in [2.24, 2.45) is 4.99 Å². The number of benzene rings is 1. The van der Waals surface area contributed by atoms with E-state index in [1.807, 2.05) is 14.1 Å². The van der Waals surface area contributed by atoms with Crippen molar-refractivity contribution >= 4 is 40.2 Å². The molecule has 0 aliphatic carbocycles. The summed E-state index contributed by atoms with van der Waals surface area (Å²) in [5, 5.41) is 0.739. The molecule has 0 unspecified atom stereocenters. The number of aryl methyl sites for hydroxylation is 1. The van der Waals surface area contributed by atoms with Gasteiger partial charge in [-0.15, -0.1) is 0 Å². The van der Waals surface area contributed by atoms with E-state index in [2.05, 4.69) is 9.98 Å². The van der Waals surface area contributed by atoms with Crippen LogP contribution in [0, 0.1) is 12.7 Å². The molecule has 2 aromatic rings. The Morgan fingerprint density at radius 2 is 2.19 bits per heavy atom. The van der Waals surface area contributed by atoms with Crippen LogP contribution >= 0.6 is 22.9 Å². The number of hydrogen-bond acceptors (Lipinski definition) is 4. The summed E-state index contributed by atoms with van der Waals surface area (Å²) >= 11 is 6.94. The van der Waals surface area contributed by atoms with Crippen LogP contribution < -0.4 is 0 Å². The predicted molar refractivity (Wildman–Crippen MR) is 83.5 cm³/mol. The quantitative estimate of drug-likeness (QED) is 0.489. The highest BCUT2D eigenvalue weighted by Crippen LogP contribution is 2.26. The van der Waals surface area contributed by atoms with Gasteiger partial charge in [-0.3, -0.25) is 4.79 Å². The van der Waals surface area contributed by atoms with Crippen LogP contribution in [0.4, 0.5) is 9.52 Å². The molecule has 1 aromatic heterocycles.